The van der Waals surface area contributed by atoms with E-state index in [1.165, 1.54) is 5.56 Å². The summed E-state index contributed by atoms with van der Waals surface area (Å²) in [5, 5.41) is 7.90. The fraction of sp³-hybridized carbons (Fsp3) is 0.400. The predicted molar refractivity (Wildman–Crippen MR) is 75.8 cm³/mol. The van der Waals surface area contributed by atoms with Crippen LogP contribution >= 0.6 is 0 Å². The molecule has 1 aliphatic rings. The van der Waals surface area contributed by atoms with Gasteiger partial charge >= 0.3 is 0 Å². The lowest BCUT2D eigenvalue weighted by molar-refractivity contribution is 0.174. The Balaban J connectivity index is 1.53. The van der Waals surface area contributed by atoms with Crippen LogP contribution in [0.1, 0.15) is 18.2 Å². The Morgan fingerprint density at radius 2 is 2.15 bits per heavy atom. The van der Waals surface area contributed by atoms with E-state index in [0.29, 0.717) is 12.8 Å². The molecule has 2 heterocycles. The third-order valence-electron chi connectivity index (χ3n) is 3.38. The maximum Gasteiger partial charge on any atom is 0.231 e. The number of aromatic nitrogens is 2. The minimum atomic E-state index is 0.322. The number of nitrogens with zero attached hydrogens (tertiary/aromatic N) is 2. The lowest BCUT2D eigenvalue weighted by atomic mass is 10.1. The van der Waals surface area contributed by atoms with Gasteiger partial charge in [0, 0.05) is 32.3 Å². The minimum Gasteiger partial charge on any atom is -0.454 e. The molecule has 5 heteroatoms. The van der Waals surface area contributed by atoms with Crippen LogP contribution in [0, 0.1) is 0 Å². The van der Waals surface area contributed by atoms with E-state index in [2.05, 4.69) is 29.5 Å². The first-order chi connectivity index (χ1) is 9.70. The fourth-order valence-corrected chi connectivity index (χ4v) is 2.30. The molecule has 0 bridgehead atoms. The smallest absolute Gasteiger partial charge is 0.231 e. The SMILES string of the molecule is CC(Cc1ccn(C)n1)NCc1ccc2c(c1)OCO2. The normalized spacial score (nSPS) is 14.5. The first-order valence-corrected chi connectivity index (χ1v) is 6.81. The van der Waals surface area contributed by atoms with Crippen LogP contribution in [0.2, 0.25) is 0 Å². The molecule has 1 aromatic heterocycles. The van der Waals surface area contributed by atoms with Crippen LogP contribution in [0.3, 0.4) is 0 Å². The molecular formula is C15H19N3O2. The molecule has 0 saturated heterocycles. The molecule has 1 aliphatic heterocycles. The fourth-order valence-electron chi connectivity index (χ4n) is 2.30. The summed E-state index contributed by atoms with van der Waals surface area (Å²) in [6.45, 7) is 3.30. The predicted octanol–water partition coefficient (Wildman–Crippen LogP) is 1.87. The lowest BCUT2D eigenvalue weighted by Crippen LogP contribution is -2.27. The van der Waals surface area contributed by atoms with Crippen LogP contribution in [-0.2, 0) is 20.0 Å². The van der Waals surface area contributed by atoms with Gasteiger partial charge in [-0.2, -0.15) is 5.10 Å². The van der Waals surface area contributed by atoms with E-state index < -0.39 is 0 Å². The van der Waals surface area contributed by atoms with Gasteiger partial charge in [0.2, 0.25) is 6.79 Å². The van der Waals surface area contributed by atoms with E-state index in [0.717, 1.165) is 30.2 Å². The Bertz CT molecular complexity index is 595. The second kappa shape index (κ2) is 5.54. The molecule has 2 aromatic rings. The van der Waals surface area contributed by atoms with Gasteiger partial charge in [0.15, 0.2) is 11.5 Å². The van der Waals surface area contributed by atoms with Crippen molar-refractivity contribution >= 4 is 0 Å². The summed E-state index contributed by atoms with van der Waals surface area (Å²) in [5.41, 5.74) is 2.31. The van der Waals surface area contributed by atoms with Crippen LogP contribution < -0.4 is 14.8 Å². The second-order valence-corrected chi connectivity index (χ2v) is 5.15. The number of benzene rings is 1. The number of nitrogens with one attached hydrogen (secondary N) is 1. The second-order valence-electron chi connectivity index (χ2n) is 5.15. The van der Waals surface area contributed by atoms with Crippen LogP contribution in [0.25, 0.3) is 0 Å². The Morgan fingerprint density at radius 3 is 2.95 bits per heavy atom. The van der Waals surface area contributed by atoms with Gasteiger partial charge in [-0.3, -0.25) is 4.68 Å². The maximum absolute atomic E-state index is 5.38. The van der Waals surface area contributed by atoms with Gasteiger partial charge in [-0.1, -0.05) is 6.07 Å². The summed E-state index contributed by atoms with van der Waals surface area (Å²) in [4.78, 5) is 0. The molecular weight excluding hydrogens is 254 g/mol. The van der Waals surface area contributed by atoms with Crippen molar-refractivity contribution in [1.82, 2.24) is 15.1 Å². The van der Waals surface area contributed by atoms with Gasteiger partial charge in [-0.15, -0.1) is 0 Å². The van der Waals surface area contributed by atoms with Gasteiger partial charge in [0.25, 0.3) is 0 Å². The summed E-state index contributed by atoms with van der Waals surface area (Å²) < 4.78 is 12.5. The van der Waals surface area contributed by atoms with Gasteiger partial charge in [-0.25, -0.2) is 0 Å². The van der Waals surface area contributed by atoms with Crippen molar-refractivity contribution in [3.8, 4) is 11.5 Å². The molecule has 1 N–H and O–H groups in total. The Morgan fingerprint density at radius 1 is 1.30 bits per heavy atom. The molecule has 3 rings (SSSR count). The topological polar surface area (TPSA) is 48.3 Å². The number of ether oxygens (including phenoxy) is 2. The zero-order valence-corrected chi connectivity index (χ0v) is 11.8. The molecule has 0 radical (unpaired) electrons. The summed E-state index contributed by atoms with van der Waals surface area (Å²) in [7, 11) is 1.94. The van der Waals surface area contributed by atoms with Crippen molar-refractivity contribution < 1.29 is 9.47 Å². The quantitative estimate of drug-likeness (QED) is 0.903. The van der Waals surface area contributed by atoms with Gasteiger partial charge < -0.3 is 14.8 Å². The number of aryl methyl sites for hydroxylation is 1. The summed E-state index contributed by atoms with van der Waals surface area (Å²) >= 11 is 0. The minimum absolute atomic E-state index is 0.322. The zero-order valence-electron chi connectivity index (χ0n) is 11.8. The van der Waals surface area contributed by atoms with E-state index in [4.69, 9.17) is 9.47 Å². The monoisotopic (exact) mass is 273 g/mol. The standard InChI is InChI=1S/C15H19N3O2/c1-11(7-13-5-6-18(2)17-13)16-9-12-3-4-14-15(8-12)20-10-19-14/h3-6,8,11,16H,7,9-10H2,1-2H3. The third kappa shape index (κ3) is 2.93. The molecule has 20 heavy (non-hydrogen) atoms. The summed E-state index contributed by atoms with van der Waals surface area (Å²) in [6.07, 6.45) is 2.89. The molecule has 0 spiro atoms. The molecule has 0 amide bonds. The van der Waals surface area contributed by atoms with E-state index in [-0.39, 0.29) is 0 Å². The zero-order chi connectivity index (χ0) is 13.9. The number of fused-ring (bicyclic) bond motifs is 1. The number of hydrogen-bond donors (Lipinski definition) is 1. The molecule has 0 saturated carbocycles. The molecule has 0 fully saturated rings. The molecule has 0 aliphatic carbocycles. The van der Waals surface area contributed by atoms with Crippen molar-refractivity contribution in [3.05, 3.63) is 41.7 Å². The highest BCUT2D eigenvalue weighted by Gasteiger charge is 2.13. The summed E-state index contributed by atoms with van der Waals surface area (Å²) in [6, 6.07) is 8.48. The molecule has 1 aromatic carbocycles. The van der Waals surface area contributed by atoms with E-state index in [1.54, 1.807) is 0 Å². The molecule has 106 valence electrons. The summed E-state index contributed by atoms with van der Waals surface area (Å²) in [5.74, 6) is 1.66. The molecule has 5 nitrogen and oxygen atoms in total. The highest BCUT2D eigenvalue weighted by atomic mass is 16.7. The van der Waals surface area contributed by atoms with Gasteiger partial charge in [0.05, 0.1) is 5.69 Å². The van der Waals surface area contributed by atoms with Crippen LogP contribution in [-0.4, -0.2) is 22.6 Å². The van der Waals surface area contributed by atoms with E-state index in [1.807, 2.05) is 30.1 Å². The molecule has 1 atom stereocenters. The van der Waals surface area contributed by atoms with Crippen molar-refractivity contribution in [2.45, 2.75) is 25.9 Å². The molecule has 1 unspecified atom stereocenters. The van der Waals surface area contributed by atoms with Crippen LogP contribution in [0.15, 0.2) is 30.5 Å². The van der Waals surface area contributed by atoms with Crippen molar-refractivity contribution in [1.29, 1.82) is 0 Å². The van der Waals surface area contributed by atoms with Crippen molar-refractivity contribution in [2.24, 2.45) is 7.05 Å². The maximum atomic E-state index is 5.38. The highest BCUT2D eigenvalue weighted by Crippen LogP contribution is 2.32. The van der Waals surface area contributed by atoms with E-state index in [9.17, 15) is 0 Å². The average Bonchev–Trinajstić information content (AvgIpc) is 3.04. The van der Waals surface area contributed by atoms with Gasteiger partial charge in [0.1, 0.15) is 0 Å². The third-order valence-corrected chi connectivity index (χ3v) is 3.38. The highest BCUT2D eigenvalue weighted by molar-refractivity contribution is 5.44. The van der Waals surface area contributed by atoms with Crippen LogP contribution in [0.4, 0.5) is 0 Å². The first-order valence-electron chi connectivity index (χ1n) is 6.81. The number of rotatable bonds is 5. The van der Waals surface area contributed by atoms with Crippen molar-refractivity contribution in [3.63, 3.8) is 0 Å². The largest absolute Gasteiger partial charge is 0.454 e. The Kier molecular flexibility index (Phi) is 3.60. The first kappa shape index (κ1) is 13.0. The number of hydrogen-bond acceptors (Lipinski definition) is 4. The Labute approximate surface area is 118 Å². The Hall–Kier alpha value is -2.01. The lowest BCUT2D eigenvalue weighted by Gasteiger charge is -2.12. The van der Waals surface area contributed by atoms with Gasteiger partial charge in [-0.05, 0) is 30.7 Å². The average molecular weight is 273 g/mol. The van der Waals surface area contributed by atoms with E-state index >= 15 is 0 Å². The van der Waals surface area contributed by atoms with Crippen LogP contribution in [0.5, 0.6) is 11.5 Å². The van der Waals surface area contributed by atoms with Crippen molar-refractivity contribution in [2.75, 3.05) is 6.79 Å².